The number of rotatable bonds is 4. The van der Waals surface area contributed by atoms with Gasteiger partial charge < -0.3 is 19.4 Å². The fourth-order valence-corrected chi connectivity index (χ4v) is 4.74. The van der Waals surface area contributed by atoms with E-state index in [2.05, 4.69) is 10.3 Å². The minimum atomic E-state index is -0.432. The number of benzene rings is 2. The van der Waals surface area contributed by atoms with Crippen molar-refractivity contribution in [3.05, 3.63) is 64.6 Å². The lowest BCUT2D eigenvalue weighted by Crippen LogP contribution is -2.52. The SMILES string of the molecule is O=C(OCc1ccccc1)N1CCC2(CC1)CC(Nc1ccc3[nH]c(=O)oc3c1)C2. The van der Waals surface area contributed by atoms with Crippen molar-refractivity contribution in [2.45, 2.75) is 38.3 Å². The van der Waals surface area contributed by atoms with Gasteiger partial charge in [-0.25, -0.2) is 9.59 Å². The van der Waals surface area contributed by atoms with Crippen molar-refractivity contribution in [3.63, 3.8) is 0 Å². The molecule has 156 valence electrons. The summed E-state index contributed by atoms with van der Waals surface area (Å²) in [6, 6.07) is 15.9. The van der Waals surface area contributed by atoms with E-state index < -0.39 is 5.76 Å². The van der Waals surface area contributed by atoms with Gasteiger partial charge >= 0.3 is 11.8 Å². The molecule has 1 saturated heterocycles. The number of nitrogens with one attached hydrogen (secondary N) is 2. The Kier molecular flexibility index (Phi) is 4.73. The van der Waals surface area contributed by atoms with E-state index >= 15 is 0 Å². The average Bonchev–Trinajstić information content (AvgIpc) is 3.11. The van der Waals surface area contributed by atoms with Gasteiger partial charge in [0, 0.05) is 30.9 Å². The van der Waals surface area contributed by atoms with Gasteiger partial charge in [-0.15, -0.1) is 0 Å². The summed E-state index contributed by atoms with van der Waals surface area (Å²) in [5.74, 6) is -0.432. The van der Waals surface area contributed by atoms with Crippen LogP contribution in [0.4, 0.5) is 10.5 Å². The molecule has 2 fully saturated rings. The van der Waals surface area contributed by atoms with E-state index in [0.717, 1.165) is 50.0 Å². The summed E-state index contributed by atoms with van der Waals surface area (Å²) in [4.78, 5) is 28.1. The largest absolute Gasteiger partial charge is 0.445 e. The fourth-order valence-electron chi connectivity index (χ4n) is 4.74. The zero-order valence-electron chi connectivity index (χ0n) is 16.7. The highest BCUT2D eigenvalue weighted by atomic mass is 16.6. The molecule has 30 heavy (non-hydrogen) atoms. The lowest BCUT2D eigenvalue weighted by Gasteiger charge is -2.52. The zero-order valence-corrected chi connectivity index (χ0v) is 16.7. The number of hydrogen-bond acceptors (Lipinski definition) is 5. The fraction of sp³-hybridized carbons (Fsp3) is 0.391. The van der Waals surface area contributed by atoms with Crippen LogP contribution in [0.25, 0.3) is 11.1 Å². The number of oxazole rings is 1. The molecule has 7 heteroatoms. The summed E-state index contributed by atoms with van der Waals surface area (Å²) in [7, 11) is 0. The Bertz CT molecular complexity index is 1090. The van der Waals surface area contributed by atoms with Crippen LogP contribution in [0.1, 0.15) is 31.2 Å². The van der Waals surface area contributed by atoms with Crippen molar-refractivity contribution in [2.75, 3.05) is 18.4 Å². The van der Waals surface area contributed by atoms with E-state index in [-0.39, 0.29) is 6.09 Å². The summed E-state index contributed by atoms with van der Waals surface area (Å²) in [6.07, 6.45) is 3.99. The van der Waals surface area contributed by atoms with Gasteiger partial charge in [-0.3, -0.25) is 4.98 Å². The normalized spacial score (nSPS) is 18.3. The van der Waals surface area contributed by atoms with Crippen LogP contribution in [-0.2, 0) is 11.3 Å². The van der Waals surface area contributed by atoms with Crippen molar-refractivity contribution in [3.8, 4) is 0 Å². The molecule has 2 N–H and O–H groups in total. The van der Waals surface area contributed by atoms with Crippen LogP contribution >= 0.6 is 0 Å². The minimum absolute atomic E-state index is 0.219. The van der Waals surface area contributed by atoms with Gasteiger partial charge in [-0.05, 0) is 48.8 Å². The Labute approximate surface area is 174 Å². The third kappa shape index (κ3) is 3.79. The summed E-state index contributed by atoms with van der Waals surface area (Å²) in [5.41, 5.74) is 3.57. The first-order valence-electron chi connectivity index (χ1n) is 10.4. The molecule has 2 heterocycles. The van der Waals surface area contributed by atoms with Crippen LogP contribution in [0.2, 0.25) is 0 Å². The molecule has 1 saturated carbocycles. The Morgan fingerprint density at radius 2 is 1.93 bits per heavy atom. The van der Waals surface area contributed by atoms with Crippen LogP contribution < -0.4 is 11.1 Å². The molecule has 5 rings (SSSR count). The van der Waals surface area contributed by atoms with Gasteiger partial charge in [-0.2, -0.15) is 0 Å². The number of ether oxygens (including phenoxy) is 1. The summed E-state index contributed by atoms with van der Waals surface area (Å²) >= 11 is 0. The number of aromatic nitrogens is 1. The van der Waals surface area contributed by atoms with E-state index in [1.165, 1.54) is 0 Å². The van der Waals surface area contributed by atoms with Crippen LogP contribution in [-0.4, -0.2) is 35.1 Å². The molecule has 1 spiro atoms. The van der Waals surface area contributed by atoms with E-state index in [4.69, 9.17) is 9.15 Å². The number of piperidine rings is 1. The molecular formula is C23H25N3O4. The number of H-pyrrole nitrogens is 1. The quantitative estimate of drug-likeness (QED) is 0.679. The second-order valence-corrected chi connectivity index (χ2v) is 8.50. The van der Waals surface area contributed by atoms with Gasteiger partial charge in [0.2, 0.25) is 0 Å². The highest BCUT2D eigenvalue weighted by molar-refractivity contribution is 5.76. The molecule has 1 amide bonds. The second-order valence-electron chi connectivity index (χ2n) is 8.50. The number of nitrogens with zero attached hydrogens (tertiary/aromatic N) is 1. The lowest BCUT2D eigenvalue weighted by molar-refractivity contribution is 0.0167. The standard InChI is InChI=1S/C23H25N3O4/c27-21-25-19-7-6-17(12-20(19)30-21)24-18-13-23(14-18)8-10-26(11-9-23)22(28)29-15-16-4-2-1-3-5-16/h1-7,12,18,24H,8-11,13-15H2,(H,25,27). The first kappa shape index (κ1) is 18.8. The Morgan fingerprint density at radius 1 is 1.17 bits per heavy atom. The Hall–Kier alpha value is -3.22. The molecule has 1 aliphatic heterocycles. The van der Waals surface area contributed by atoms with Crippen LogP contribution in [0.15, 0.2) is 57.7 Å². The van der Waals surface area contributed by atoms with E-state index in [1.807, 2.05) is 53.4 Å². The van der Waals surface area contributed by atoms with Crippen LogP contribution in [0.3, 0.4) is 0 Å². The number of aromatic amines is 1. The molecule has 7 nitrogen and oxygen atoms in total. The number of likely N-dealkylation sites (tertiary alicyclic amines) is 1. The van der Waals surface area contributed by atoms with Crippen molar-refractivity contribution in [1.29, 1.82) is 0 Å². The van der Waals surface area contributed by atoms with Gasteiger partial charge in [-0.1, -0.05) is 30.3 Å². The zero-order chi connectivity index (χ0) is 20.6. The maximum Gasteiger partial charge on any atom is 0.417 e. The average molecular weight is 407 g/mol. The molecular weight excluding hydrogens is 382 g/mol. The number of amides is 1. The molecule has 0 radical (unpaired) electrons. The molecule has 3 aromatic rings. The van der Waals surface area contributed by atoms with Crippen molar-refractivity contribution >= 4 is 22.9 Å². The number of hydrogen-bond donors (Lipinski definition) is 2. The van der Waals surface area contributed by atoms with Crippen molar-refractivity contribution < 1.29 is 13.9 Å². The van der Waals surface area contributed by atoms with Gasteiger partial charge in [0.15, 0.2) is 5.58 Å². The van der Waals surface area contributed by atoms with Crippen LogP contribution in [0, 0.1) is 5.41 Å². The number of carbonyl (C=O) groups is 1. The predicted molar refractivity (Wildman–Crippen MR) is 113 cm³/mol. The molecule has 1 aliphatic carbocycles. The summed E-state index contributed by atoms with van der Waals surface area (Å²) < 4.78 is 10.6. The predicted octanol–water partition coefficient (Wildman–Crippen LogP) is 4.11. The smallest absolute Gasteiger partial charge is 0.417 e. The summed E-state index contributed by atoms with van der Waals surface area (Å²) in [5, 5.41) is 3.54. The third-order valence-electron chi connectivity index (χ3n) is 6.44. The van der Waals surface area contributed by atoms with Crippen molar-refractivity contribution in [1.82, 2.24) is 9.88 Å². The van der Waals surface area contributed by atoms with E-state index in [0.29, 0.717) is 29.2 Å². The molecule has 1 aromatic heterocycles. The van der Waals surface area contributed by atoms with Gasteiger partial charge in [0.1, 0.15) is 6.61 Å². The second kappa shape index (κ2) is 7.55. The number of carbonyl (C=O) groups excluding carboxylic acids is 1. The van der Waals surface area contributed by atoms with E-state index in [1.54, 1.807) is 0 Å². The number of fused-ring (bicyclic) bond motifs is 1. The molecule has 0 bridgehead atoms. The number of anilines is 1. The Balaban J connectivity index is 1.09. The lowest BCUT2D eigenvalue weighted by atomic mass is 9.60. The molecule has 0 atom stereocenters. The third-order valence-corrected chi connectivity index (χ3v) is 6.44. The van der Waals surface area contributed by atoms with E-state index in [9.17, 15) is 9.59 Å². The highest BCUT2D eigenvalue weighted by Gasteiger charge is 2.46. The minimum Gasteiger partial charge on any atom is -0.445 e. The molecule has 2 aliphatic rings. The molecule has 2 aromatic carbocycles. The first-order valence-corrected chi connectivity index (χ1v) is 10.4. The Morgan fingerprint density at radius 3 is 2.70 bits per heavy atom. The maximum absolute atomic E-state index is 12.4. The summed E-state index contributed by atoms with van der Waals surface area (Å²) in [6.45, 7) is 1.82. The van der Waals surface area contributed by atoms with Crippen molar-refractivity contribution in [2.24, 2.45) is 5.41 Å². The van der Waals surface area contributed by atoms with Gasteiger partial charge in [0.25, 0.3) is 0 Å². The highest BCUT2D eigenvalue weighted by Crippen LogP contribution is 2.50. The van der Waals surface area contributed by atoms with Gasteiger partial charge in [0.05, 0.1) is 5.52 Å². The topological polar surface area (TPSA) is 87.6 Å². The monoisotopic (exact) mass is 407 g/mol. The van der Waals surface area contributed by atoms with Crippen LogP contribution in [0.5, 0.6) is 0 Å². The maximum atomic E-state index is 12.4. The molecule has 0 unspecified atom stereocenters. The first-order chi connectivity index (χ1) is 14.6.